The Labute approximate surface area is 133 Å². The number of benzene rings is 2. The highest BCUT2D eigenvalue weighted by Crippen LogP contribution is 2.22. The molecule has 0 aliphatic heterocycles. The van der Waals surface area contributed by atoms with Crippen molar-refractivity contribution in [3.8, 4) is 5.75 Å². The highest BCUT2D eigenvalue weighted by Gasteiger charge is 2.24. The van der Waals surface area contributed by atoms with Gasteiger partial charge in [-0.25, -0.2) is 9.18 Å². The molecule has 0 heterocycles. The van der Waals surface area contributed by atoms with Crippen LogP contribution in [0.15, 0.2) is 54.6 Å². The Morgan fingerprint density at radius 1 is 1.13 bits per heavy atom. The van der Waals surface area contributed by atoms with Gasteiger partial charge in [0.05, 0.1) is 0 Å². The summed E-state index contributed by atoms with van der Waals surface area (Å²) in [6, 6.07) is 13.5. The largest absolute Gasteiger partial charge is 0.476 e. The second-order valence-corrected chi connectivity index (χ2v) is 4.71. The number of rotatable bonds is 5. The van der Waals surface area contributed by atoms with Gasteiger partial charge in [-0.15, -0.1) is 0 Å². The quantitative estimate of drug-likeness (QED) is 0.891. The first kappa shape index (κ1) is 16.5. The number of imide groups is 1. The molecule has 0 bridgehead atoms. The van der Waals surface area contributed by atoms with Crippen molar-refractivity contribution in [3.63, 3.8) is 0 Å². The summed E-state index contributed by atoms with van der Waals surface area (Å²) in [6.45, 7) is 2.13. The van der Waals surface area contributed by atoms with Crippen LogP contribution >= 0.6 is 0 Å². The molecule has 1 atom stereocenters. The molecule has 0 saturated carbocycles. The van der Waals surface area contributed by atoms with E-state index in [1.807, 2.05) is 0 Å². The van der Waals surface area contributed by atoms with E-state index in [9.17, 15) is 14.0 Å². The smallest absolute Gasteiger partial charge is 0.321 e. The van der Waals surface area contributed by atoms with Gasteiger partial charge in [0.25, 0.3) is 5.91 Å². The van der Waals surface area contributed by atoms with Crippen LogP contribution in [-0.4, -0.2) is 18.5 Å². The van der Waals surface area contributed by atoms with Gasteiger partial charge in [0, 0.05) is 18.2 Å². The Bertz CT molecular complexity index is 677. The van der Waals surface area contributed by atoms with Crippen LogP contribution in [0, 0.1) is 5.82 Å². The molecule has 5 nitrogen and oxygen atoms in total. The molecule has 0 radical (unpaired) electrons. The lowest BCUT2D eigenvalue weighted by Crippen LogP contribution is -2.42. The predicted octanol–water partition coefficient (Wildman–Crippen LogP) is 2.79. The van der Waals surface area contributed by atoms with Gasteiger partial charge in [0.1, 0.15) is 11.6 Å². The minimum atomic E-state index is -1.07. The third-order valence-electron chi connectivity index (χ3n) is 2.96. The third kappa shape index (κ3) is 4.81. The molecular weight excluding hydrogens is 299 g/mol. The van der Waals surface area contributed by atoms with E-state index in [1.54, 1.807) is 43.3 Å². The molecule has 120 valence electrons. The Morgan fingerprint density at radius 3 is 2.52 bits per heavy atom. The fraction of sp³-hybridized carbons (Fsp3) is 0.176. The van der Waals surface area contributed by atoms with Crippen LogP contribution in [0.25, 0.3) is 0 Å². The molecule has 0 unspecified atom stereocenters. The molecule has 0 aliphatic rings. The average molecular weight is 316 g/mol. The number of ether oxygens (including phenoxy) is 1. The monoisotopic (exact) mass is 316 g/mol. The first-order chi connectivity index (χ1) is 11.1. The minimum Gasteiger partial charge on any atom is -0.476 e. The second-order valence-electron chi connectivity index (χ2n) is 4.71. The van der Waals surface area contributed by atoms with Gasteiger partial charge >= 0.3 is 6.03 Å². The molecule has 2 rings (SSSR count). The highest BCUT2D eigenvalue weighted by molar-refractivity contribution is 5.97. The topological polar surface area (TPSA) is 67.4 Å². The lowest BCUT2D eigenvalue weighted by molar-refractivity contribution is -0.127. The van der Waals surface area contributed by atoms with Crippen LogP contribution in [0.4, 0.5) is 9.18 Å². The number of hydrogen-bond donors (Lipinski definition) is 2. The third-order valence-corrected chi connectivity index (χ3v) is 2.96. The summed E-state index contributed by atoms with van der Waals surface area (Å²) in [6.07, 6.45) is -1.07. The van der Waals surface area contributed by atoms with Crippen LogP contribution in [0.2, 0.25) is 0 Å². The van der Waals surface area contributed by atoms with E-state index < -0.39 is 23.9 Å². The highest BCUT2D eigenvalue weighted by atomic mass is 19.1. The number of carbonyl (C=O) groups excluding carboxylic acids is 2. The predicted molar refractivity (Wildman–Crippen MR) is 83.4 cm³/mol. The Morgan fingerprint density at radius 2 is 1.87 bits per heavy atom. The maximum absolute atomic E-state index is 13.3. The zero-order valence-electron chi connectivity index (χ0n) is 12.6. The van der Waals surface area contributed by atoms with Gasteiger partial charge < -0.3 is 10.1 Å². The molecule has 0 saturated heterocycles. The van der Waals surface area contributed by atoms with Crippen LogP contribution in [-0.2, 0) is 4.79 Å². The molecular formula is C17H17FN2O3. The van der Waals surface area contributed by atoms with Crippen molar-refractivity contribution in [2.45, 2.75) is 13.0 Å². The Hall–Kier alpha value is -2.89. The molecule has 6 heteroatoms. The first-order valence-corrected chi connectivity index (χ1v) is 7.16. The first-order valence-electron chi connectivity index (χ1n) is 7.16. The van der Waals surface area contributed by atoms with Crippen molar-refractivity contribution in [3.05, 3.63) is 66.0 Å². The normalized spacial score (nSPS) is 11.4. The van der Waals surface area contributed by atoms with Crippen molar-refractivity contribution in [2.24, 2.45) is 0 Å². The summed E-state index contributed by atoms with van der Waals surface area (Å²) in [4.78, 5) is 23.9. The number of carbonyl (C=O) groups is 2. The number of halogens is 1. The molecule has 2 aromatic carbocycles. The van der Waals surface area contributed by atoms with E-state index in [4.69, 9.17) is 4.74 Å². The van der Waals surface area contributed by atoms with Crippen molar-refractivity contribution in [1.82, 2.24) is 10.6 Å². The molecule has 0 aliphatic carbocycles. The molecule has 3 amide bonds. The lowest BCUT2D eigenvalue weighted by atomic mass is 10.1. The number of nitrogens with one attached hydrogen (secondary N) is 2. The number of hydrogen-bond acceptors (Lipinski definition) is 3. The van der Waals surface area contributed by atoms with Crippen molar-refractivity contribution < 1.29 is 18.7 Å². The standard InChI is InChI=1S/C17H17FN2O3/c1-2-19-17(22)20-16(21)15(12-7-4-3-5-8-12)23-14-10-6-9-13(18)11-14/h3-11,15H,2H2,1H3,(H2,19,20,21,22)/t15-/m0/s1. The molecule has 0 aromatic heterocycles. The summed E-state index contributed by atoms with van der Waals surface area (Å²) in [5.74, 6) is -0.908. The van der Waals surface area contributed by atoms with E-state index in [0.29, 0.717) is 12.1 Å². The van der Waals surface area contributed by atoms with Crippen molar-refractivity contribution >= 4 is 11.9 Å². The van der Waals surface area contributed by atoms with Gasteiger partial charge in [-0.05, 0) is 19.1 Å². The van der Waals surface area contributed by atoms with E-state index in [0.717, 1.165) is 0 Å². The summed E-state index contributed by atoms with van der Waals surface area (Å²) in [7, 11) is 0. The van der Waals surface area contributed by atoms with E-state index in [2.05, 4.69) is 10.6 Å². The Kier molecular flexibility index (Phi) is 5.68. The molecule has 0 spiro atoms. The van der Waals surface area contributed by atoms with Gasteiger partial charge in [0.15, 0.2) is 0 Å². The van der Waals surface area contributed by atoms with Gasteiger partial charge in [-0.3, -0.25) is 10.1 Å². The maximum atomic E-state index is 13.3. The van der Waals surface area contributed by atoms with E-state index in [1.165, 1.54) is 18.2 Å². The van der Waals surface area contributed by atoms with Gasteiger partial charge in [-0.2, -0.15) is 0 Å². The molecule has 23 heavy (non-hydrogen) atoms. The van der Waals surface area contributed by atoms with Gasteiger partial charge in [-0.1, -0.05) is 36.4 Å². The fourth-order valence-electron chi connectivity index (χ4n) is 1.96. The summed E-state index contributed by atoms with van der Waals surface area (Å²) in [5.41, 5.74) is 0.554. The van der Waals surface area contributed by atoms with Crippen molar-refractivity contribution in [1.29, 1.82) is 0 Å². The number of amides is 3. The zero-order chi connectivity index (χ0) is 16.7. The maximum Gasteiger partial charge on any atom is 0.321 e. The SMILES string of the molecule is CCNC(=O)NC(=O)[C@@H](Oc1cccc(F)c1)c1ccccc1. The molecule has 2 aromatic rings. The zero-order valence-corrected chi connectivity index (χ0v) is 12.6. The lowest BCUT2D eigenvalue weighted by Gasteiger charge is -2.18. The van der Waals surface area contributed by atoms with E-state index >= 15 is 0 Å². The van der Waals surface area contributed by atoms with Gasteiger partial charge in [0.2, 0.25) is 6.10 Å². The van der Waals surface area contributed by atoms with Crippen LogP contribution < -0.4 is 15.4 Å². The minimum absolute atomic E-state index is 0.199. The molecule has 2 N–H and O–H groups in total. The fourth-order valence-corrected chi connectivity index (χ4v) is 1.96. The average Bonchev–Trinajstić information content (AvgIpc) is 2.53. The Balaban J connectivity index is 2.22. The summed E-state index contributed by atoms with van der Waals surface area (Å²) in [5, 5.41) is 4.68. The van der Waals surface area contributed by atoms with Crippen molar-refractivity contribution in [2.75, 3.05) is 6.54 Å². The van der Waals surface area contributed by atoms with E-state index in [-0.39, 0.29) is 5.75 Å². The second kappa shape index (κ2) is 7.93. The van der Waals surface area contributed by atoms with Crippen LogP contribution in [0.5, 0.6) is 5.75 Å². The number of urea groups is 1. The molecule has 0 fully saturated rings. The summed E-state index contributed by atoms with van der Waals surface area (Å²) >= 11 is 0. The van der Waals surface area contributed by atoms with Crippen LogP contribution in [0.3, 0.4) is 0 Å². The summed E-state index contributed by atoms with van der Waals surface area (Å²) < 4.78 is 18.9. The van der Waals surface area contributed by atoms with Crippen LogP contribution in [0.1, 0.15) is 18.6 Å².